The summed E-state index contributed by atoms with van der Waals surface area (Å²) in [5, 5.41) is 0. The molecule has 2 aliphatic rings. The van der Waals surface area contributed by atoms with Crippen LogP contribution in [-0.2, 0) is 14.3 Å². The fourth-order valence-electron chi connectivity index (χ4n) is 4.90. The standard InChI is InChI=1S/C29H23Br2NO5/c30-24-14-22-23(15-25(24)31)28(35)32(27(22)34)21-8-4-7-20(13-21)29(36)37-16-26(33)19-11-9-18(10-12-19)17-5-2-1-3-6-17/h1-13,22-25H,14-16H2/t22-,23+,24-,25-/m1/s1. The molecule has 8 heteroatoms. The summed E-state index contributed by atoms with van der Waals surface area (Å²) < 4.78 is 5.26. The summed E-state index contributed by atoms with van der Waals surface area (Å²) in [6.45, 7) is -0.418. The maximum absolute atomic E-state index is 13.1. The number of benzene rings is 3. The van der Waals surface area contributed by atoms with Gasteiger partial charge in [-0.25, -0.2) is 4.79 Å². The molecule has 1 saturated heterocycles. The zero-order valence-electron chi connectivity index (χ0n) is 19.7. The number of fused-ring (bicyclic) bond motifs is 1. The molecule has 3 aromatic carbocycles. The Bertz CT molecular complexity index is 1330. The number of halogens is 2. The van der Waals surface area contributed by atoms with Crippen molar-refractivity contribution in [3.63, 3.8) is 0 Å². The number of ether oxygens (including phenoxy) is 1. The molecule has 1 heterocycles. The van der Waals surface area contributed by atoms with Crippen molar-refractivity contribution in [3.8, 4) is 11.1 Å². The third-order valence-corrected chi connectivity index (χ3v) is 9.63. The summed E-state index contributed by atoms with van der Waals surface area (Å²) in [5.74, 6) is -2.29. The molecule has 2 fully saturated rings. The van der Waals surface area contributed by atoms with Crippen molar-refractivity contribution in [2.75, 3.05) is 11.5 Å². The van der Waals surface area contributed by atoms with Crippen LogP contribution < -0.4 is 4.90 Å². The van der Waals surface area contributed by atoms with Crippen molar-refractivity contribution in [1.29, 1.82) is 0 Å². The number of amides is 2. The van der Waals surface area contributed by atoms with Crippen LogP contribution in [0.25, 0.3) is 11.1 Å². The number of nitrogens with zero attached hydrogens (tertiary/aromatic N) is 1. The first-order valence-electron chi connectivity index (χ1n) is 12.0. The molecule has 0 aromatic heterocycles. The number of rotatable bonds is 6. The van der Waals surface area contributed by atoms with Crippen molar-refractivity contribution in [1.82, 2.24) is 0 Å². The molecule has 0 spiro atoms. The van der Waals surface area contributed by atoms with E-state index in [1.165, 1.54) is 17.0 Å². The van der Waals surface area contributed by atoms with E-state index >= 15 is 0 Å². The highest BCUT2D eigenvalue weighted by molar-refractivity contribution is 9.12. The number of hydrogen-bond donors (Lipinski definition) is 0. The summed E-state index contributed by atoms with van der Waals surface area (Å²) in [5.41, 5.74) is 2.96. The third-order valence-electron chi connectivity index (χ3n) is 6.90. The number of ketones is 1. The Morgan fingerprint density at radius 2 is 1.35 bits per heavy atom. The molecular formula is C29H23Br2NO5. The highest BCUT2D eigenvalue weighted by Crippen LogP contribution is 2.44. The van der Waals surface area contributed by atoms with Gasteiger partial charge in [0.05, 0.1) is 23.1 Å². The number of carbonyl (C=O) groups excluding carboxylic acids is 4. The van der Waals surface area contributed by atoms with Crippen LogP contribution in [0.3, 0.4) is 0 Å². The lowest BCUT2D eigenvalue weighted by atomic mass is 9.81. The highest BCUT2D eigenvalue weighted by Gasteiger charge is 2.52. The van der Waals surface area contributed by atoms with Gasteiger partial charge in [-0.1, -0.05) is 92.5 Å². The lowest BCUT2D eigenvalue weighted by Crippen LogP contribution is -2.34. The second-order valence-electron chi connectivity index (χ2n) is 9.22. The fourth-order valence-corrected chi connectivity index (χ4v) is 6.14. The number of Topliss-reactive ketones (excluding diaryl/α,β-unsaturated/α-hetero) is 1. The first-order chi connectivity index (χ1) is 17.8. The minimum Gasteiger partial charge on any atom is -0.454 e. The summed E-state index contributed by atoms with van der Waals surface area (Å²) in [7, 11) is 0. The number of imide groups is 1. The molecule has 188 valence electrons. The maximum Gasteiger partial charge on any atom is 0.338 e. The zero-order chi connectivity index (χ0) is 26.1. The van der Waals surface area contributed by atoms with Gasteiger partial charge in [0.15, 0.2) is 12.4 Å². The van der Waals surface area contributed by atoms with Gasteiger partial charge >= 0.3 is 5.97 Å². The van der Waals surface area contributed by atoms with Gasteiger partial charge in [-0.2, -0.15) is 0 Å². The Morgan fingerprint density at radius 3 is 1.97 bits per heavy atom. The minimum atomic E-state index is -0.700. The van der Waals surface area contributed by atoms with Gasteiger partial charge in [-0.15, -0.1) is 0 Å². The number of carbonyl (C=O) groups is 4. The van der Waals surface area contributed by atoms with Gasteiger partial charge in [-0.05, 0) is 42.2 Å². The lowest BCUT2D eigenvalue weighted by molar-refractivity contribution is -0.122. The van der Waals surface area contributed by atoms with Gasteiger partial charge in [-0.3, -0.25) is 19.3 Å². The molecule has 1 saturated carbocycles. The smallest absolute Gasteiger partial charge is 0.338 e. The second-order valence-corrected chi connectivity index (χ2v) is 11.6. The predicted molar refractivity (Wildman–Crippen MR) is 147 cm³/mol. The average Bonchev–Trinajstić information content (AvgIpc) is 3.16. The molecule has 5 rings (SSSR count). The molecule has 0 radical (unpaired) electrons. The number of alkyl halides is 2. The van der Waals surface area contributed by atoms with Crippen molar-refractivity contribution in [2.24, 2.45) is 11.8 Å². The molecule has 3 aromatic rings. The second kappa shape index (κ2) is 10.7. The Balaban J connectivity index is 1.24. The predicted octanol–water partition coefficient (Wildman–Crippen LogP) is 5.82. The van der Waals surface area contributed by atoms with E-state index in [0.29, 0.717) is 24.1 Å². The Hall–Kier alpha value is -3.10. The average molecular weight is 625 g/mol. The van der Waals surface area contributed by atoms with Crippen LogP contribution in [0.2, 0.25) is 0 Å². The summed E-state index contributed by atoms with van der Waals surface area (Å²) in [6.07, 6.45) is 1.13. The quantitative estimate of drug-likeness (QED) is 0.149. The molecule has 1 aliphatic carbocycles. The van der Waals surface area contributed by atoms with Crippen LogP contribution in [0.4, 0.5) is 5.69 Å². The van der Waals surface area contributed by atoms with Crippen molar-refractivity contribution < 1.29 is 23.9 Å². The molecule has 0 N–H and O–H groups in total. The van der Waals surface area contributed by atoms with Crippen molar-refractivity contribution in [3.05, 3.63) is 90.0 Å². The first kappa shape index (κ1) is 25.5. The van der Waals surface area contributed by atoms with Crippen molar-refractivity contribution >= 4 is 61.1 Å². The summed E-state index contributed by atoms with van der Waals surface area (Å²) in [6, 6.07) is 23.1. The lowest BCUT2D eigenvalue weighted by Gasteiger charge is -2.29. The van der Waals surface area contributed by atoms with Crippen LogP contribution in [0, 0.1) is 11.8 Å². The fraction of sp³-hybridized carbons (Fsp3) is 0.241. The SMILES string of the molecule is O=C(COC(=O)c1cccc(N2C(=O)[C@H]3C[C@@H](Br)[C@H](Br)C[C@H]3C2=O)c1)c1ccc(-c2ccccc2)cc1. The molecule has 4 atom stereocenters. The maximum atomic E-state index is 13.1. The van der Waals surface area contributed by atoms with Crippen LogP contribution in [0.15, 0.2) is 78.9 Å². The molecule has 1 aliphatic heterocycles. The van der Waals surface area contributed by atoms with E-state index in [4.69, 9.17) is 4.74 Å². The van der Waals surface area contributed by atoms with Crippen LogP contribution in [0.1, 0.15) is 33.6 Å². The summed E-state index contributed by atoms with van der Waals surface area (Å²) in [4.78, 5) is 52.9. The summed E-state index contributed by atoms with van der Waals surface area (Å²) >= 11 is 7.17. The van der Waals surface area contributed by atoms with Gasteiger partial charge in [0, 0.05) is 15.2 Å². The zero-order valence-corrected chi connectivity index (χ0v) is 22.9. The Kier molecular flexibility index (Phi) is 7.40. The molecule has 0 unspecified atom stereocenters. The Morgan fingerprint density at radius 1 is 0.757 bits per heavy atom. The van der Waals surface area contributed by atoms with Gasteiger partial charge < -0.3 is 4.74 Å². The van der Waals surface area contributed by atoms with E-state index < -0.39 is 12.6 Å². The van der Waals surface area contributed by atoms with E-state index in [1.54, 1.807) is 24.3 Å². The van der Waals surface area contributed by atoms with E-state index in [0.717, 1.165) is 11.1 Å². The van der Waals surface area contributed by atoms with E-state index in [9.17, 15) is 19.2 Å². The van der Waals surface area contributed by atoms with Crippen molar-refractivity contribution in [2.45, 2.75) is 22.5 Å². The van der Waals surface area contributed by atoms with Crippen LogP contribution in [0.5, 0.6) is 0 Å². The third kappa shape index (κ3) is 5.18. The topological polar surface area (TPSA) is 80.8 Å². The van der Waals surface area contributed by atoms with Gasteiger partial charge in [0.2, 0.25) is 11.8 Å². The van der Waals surface area contributed by atoms with E-state index in [2.05, 4.69) is 31.9 Å². The van der Waals surface area contributed by atoms with Crippen LogP contribution >= 0.6 is 31.9 Å². The minimum absolute atomic E-state index is 0.110. The molecular weight excluding hydrogens is 602 g/mol. The van der Waals surface area contributed by atoms with Gasteiger partial charge in [0.1, 0.15) is 0 Å². The van der Waals surface area contributed by atoms with Gasteiger partial charge in [0.25, 0.3) is 0 Å². The molecule has 6 nitrogen and oxygen atoms in total. The van der Waals surface area contributed by atoms with Crippen LogP contribution in [-0.4, -0.2) is 39.8 Å². The Labute approximate surface area is 231 Å². The molecule has 0 bridgehead atoms. The van der Waals surface area contributed by atoms with E-state index in [1.807, 2.05) is 42.5 Å². The number of anilines is 1. The molecule has 2 amide bonds. The normalized spacial score (nSPS) is 23.0. The van der Waals surface area contributed by atoms with E-state index in [-0.39, 0.29) is 44.7 Å². The molecule has 37 heavy (non-hydrogen) atoms. The monoisotopic (exact) mass is 623 g/mol. The highest BCUT2D eigenvalue weighted by atomic mass is 79.9. The first-order valence-corrected chi connectivity index (χ1v) is 13.8. The number of esters is 1. The largest absolute Gasteiger partial charge is 0.454 e. The number of hydrogen-bond acceptors (Lipinski definition) is 5.